The predicted molar refractivity (Wildman–Crippen MR) is 14.9 cm³/mol. The maximum Gasteiger partial charge on any atom is 0.192 e. The summed E-state index contributed by atoms with van der Waals surface area (Å²) in [5, 5.41) is 0. The molecule has 0 aliphatic carbocycles. The molecular formula is C3H2O. The van der Waals surface area contributed by atoms with Crippen LogP contribution in [-0.2, 0) is 4.79 Å². The Morgan fingerprint density at radius 1 is 2.50 bits per heavy atom. The molecule has 0 radical (unpaired) electrons. The van der Waals surface area contributed by atoms with Crippen molar-refractivity contribution in [3.8, 4) is 12.3 Å². The van der Waals surface area contributed by atoms with Crippen molar-refractivity contribution < 1.29 is 6.17 Å². The molecule has 0 saturated carbocycles. The average Bonchev–Trinajstić information content (AvgIpc) is 1.41. The number of hydrogen-bond acceptors (Lipinski definition) is 1. The summed E-state index contributed by atoms with van der Waals surface area (Å²) in [4.78, 5) is 9.11. The molecule has 0 aromatic heterocycles. The second-order valence-corrected chi connectivity index (χ2v) is 0.262. The summed E-state index contributed by atoms with van der Waals surface area (Å²) in [5.41, 5.74) is 0. The van der Waals surface area contributed by atoms with E-state index >= 15 is 0 Å². The normalized spacial score (nSPS) is 5.50. The van der Waals surface area contributed by atoms with E-state index in [1.807, 2.05) is 5.92 Å². The number of rotatable bonds is 0. The van der Waals surface area contributed by atoms with Crippen LogP contribution in [0.5, 0.6) is 0 Å². The standard InChI is InChI=1S/C3H2O/c1-2-3-4/h1,3H/i1T. The van der Waals surface area contributed by atoms with Crippen LogP contribution in [0.2, 0.25) is 0 Å². The average molecular weight is 56.1 g/mol. The predicted octanol–water partition coefficient (Wildman–Crippen LogP) is -0.181. The number of aldehydes is 1. The summed E-state index contributed by atoms with van der Waals surface area (Å²) in [7, 11) is 0. The SMILES string of the molecule is [3H]C#CC=O. The highest BCUT2D eigenvalue weighted by molar-refractivity contribution is 5.71. The third kappa shape index (κ3) is 1.23. The molecule has 1 nitrogen and oxygen atoms in total. The van der Waals surface area contributed by atoms with E-state index in [4.69, 9.17) is 6.17 Å². The molecule has 0 rings (SSSR count). The van der Waals surface area contributed by atoms with E-state index in [1.54, 1.807) is 6.40 Å². The van der Waals surface area contributed by atoms with Gasteiger partial charge in [-0.3, -0.25) is 4.79 Å². The molecule has 0 atom stereocenters. The Morgan fingerprint density at radius 3 is 3.25 bits per heavy atom. The fourth-order valence-electron chi connectivity index (χ4n) is 0. The monoisotopic (exact) mass is 56.0 g/mol. The van der Waals surface area contributed by atoms with Crippen LogP contribution in [0.3, 0.4) is 0 Å². The molecule has 0 amide bonds. The molecule has 0 heterocycles. The zero-order valence-electron chi connectivity index (χ0n) is 2.99. The second kappa shape index (κ2) is 2.23. The van der Waals surface area contributed by atoms with E-state index in [0.717, 1.165) is 0 Å². The first-order valence-corrected chi connectivity index (χ1v) is 0.774. The van der Waals surface area contributed by atoms with E-state index in [0.29, 0.717) is 6.29 Å². The quantitative estimate of drug-likeness (QED) is 0.278. The minimum Gasteiger partial charge on any atom is -0.289 e. The molecule has 20 valence electrons. The molecule has 0 aliphatic rings. The molecule has 0 bridgehead atoms. The summed E-state index contributed by atoms with van der Waals surface area (Å²) in [6.45, 7) is 0. The Morgan fingerprint density at radius 2 is 3.25 bits per heavy atom. The zero-order valence-corrected chi connectivity index (χ0v) is 1.99. The minimum atomic E-state index is 0.382. The van der Waals surface area contributed by atoms with E-state index in [9.17, 15) is 0 Å². The zero-order chi connectivity index (χ0) is 4.12. The lowest BCUT2D eigenvalue weighted by molar-refractivity contribution is -0.103. The van der Waals surface area contributed by atoms with E-state index in [2.05, 4.69) is 0 Å². The van der Waals surface area contributed by atoms with E-state index < -0.39 is 0 Å². The summed E-state index contributed by atoms with van der Waals surface area (Å²) in [6.07, 6.45) is 2.03. The van der Waals surface area contributed by atoms with Crippen molar-refractivity contribution in [3.63, 3.8) is 0 Å². The van der Waals surface area contributed by atoms with Gasteiger partial charge in [-0.2, -0.15) is 0 Å². The fraction of sp³-hybridized carbons (Fsp3) is 0. The molecule has 0 unspecified atom stereocenters. The van der Waals surface area contributed by atoms with Crippen LogP contribution in [0.15, 0.2) is 0 Å². The Labute approximate surface area is 26.0 Å². The first-order valence-electron chi connectivity index (χ1n) is 1.27. The lowest BCUT2D eigenvalue weighted by Crippen LogP contribution is -1.46. The van der Waals surface area contributed by atoms with Gasteiger partial charge in [0.2, 0.25) is 0 Å². The minimum absolute atomic E-state index is 0.382. The van der Waals surface area contributed by atoms with Crippen molar-refractivity contribution in [2.75, 3.05) is 0 Å². The van der Waals surface area contributed by atoms with Gasteiger partial charge in [0.05, 0.1) is 0 Å². The number of hydrogen-bond donors (Lipinski definition) is 0. The summed E-state index contributed by atoms with van der Waals surface area (Å²) < 4.78 is 6.01. The van der Waals surface area contributed by atoms with Crippen LogP contribution in [-0.4, -0.2) is 6.29 Å². The van der Waals surface area contributed by atoms with Crippen molar-refractivity contribution in [2.24, 2.45) is 0 Å². The highest BCUT2D eigenvalue weighted by Gasteiger charge is 1.36. The molecule has 0 N–H and O–H groups in total. The van der Waals surface area contributed by atoms with Crippen molar-refractivity contribution >= 4 is 6.29 Å². The fourth-order valence-corrected chi connectivity index (χ4v) is 0. The van der Waals surface area contributed by atoms with Crippen LogP contribution < -0.4 is 0 Å². The molecule has 0 aliphatic heterocycles. The third-order valence-corrected chi connectivity index (χ3v) is 0.0589. The third-order valence-electron chi connectivity index (χ3n) is 0.0589. The van der Waals surface area contributed by atoms with Crippen molar-refractivity contribution in [1.29, 1.82) is 0 Å². The number of terminal acetylenes is 1. The Kier molecular flexibility index (Phi) is 0.858. The van der Waals surface area contributed by atoms with Gasteiger partial charge in [0.15, 0.2) is 6.29 Å². The van der Waals surface area contributed by atoms with Gasteiger partial charge in [-0.05, 0) is 5.92 Å². The van der Waals surface area contributed by atoms with Gasteiger partial charge < -0.3 is 0 Å². The molecular weight excluding hydrogens is 52.0 g/mol. The molecule has 0 fully saturated rings. The van der Waals surface area contributed by atoms with Crippen LogP contribution in [0, 0.1) is 12.3 Å². The maximum atomic E-state index is 9.11. The Hall–Kier alpha value is -0.770. The highest BCUT2D eigenvalue weighted by atomic mass is 16.1. The van der Waals surface area contributed by atoms with E-state index in [1.165, 1.54) is 0 Å². The van der Waals surface area contributed by atoms with Crippen molar-refractivity contribution in [2.45, 2.75) is 0 Å². The molecule has 0 spiro atoms. The molecule has 0 aromatic rings. The largest absolute Gasteiger partial charge is 0.289 e. The molecule has 0 aromatic carbocycles. The summed E-state index contributed by atoms with van der Waals surface area (Å²) >= 11 is 0. The van der Waals surface area contributed by atoms with Gasteiger partial charge in [-0.15, -0.1) is 6.40 Å². The Bertz CT molecular complexity index is 76.6. The second-order valence-electron chi connectivity index (χ2n) is 0.262. The summed E-state index contributed by atoms with van der Waals surface area (Å²) in [6, 6.07) is 0. The topological polar surface area (TPSA) is 17.1 Å². The van der Waals surface area contributed by atoms with Crippen LogP contribution in [0.1, 0.15) is 1.37 Å². The number of carbonyl (C=O) groups excluding carboxylic acids is 1. The van der Waals surface area contributed by atoms with Gasteiger partial charge in [0, 0.05) is 0 Å². The summed E-state index contributed by atoms with van der Waals surface area (Å²) in [5.74, 6) is 1.85. The lowest BCUT2D eigenvalue weighted by Gasteiger charge is -1.31. The molecule has 0 saturated heterocycles. The van der Waals surface area contributed by atoms with Gasteiger partial charge in [0.25, 0.3) is 0 Å². The first kappa shape index (κ1) is 1.54. The Balaban J connectivity index is 3.16. The van der Waals surface area contributed by atoms with Crippen molar-refractivity contribution in [1.82, 2.24) is 0 Å². The maximum absolute atomic E-state index is 9.11. The van der Waals surface area contributed by atoms with Crippen molar-refractivity contribution in [3.05, 3.63) is 0 Å². The first-order chi connectivity index (χ1) is 2.41. The molecule has 4 heavy (non-hydrogen) atoms. The van der Waals surface area contributed by atoms with Gasteiger partial charge >= 0.3 is 0 Å². The smallest absolute Gasteiger partial charge is 0.192 e. The van der Waals surface area contributed by atoms with Gasteiger partial charge in [-0.25, -0.2) is 0 Å². The van der Waals surface area contributed by atoms with Gasteiger partial charge in [0.1, 0.15) is 1.37 Å². The van der Waals surface area contributed by atoms with Crippen LogP contribution >= 0.6 is 0 Å². The van der Waals surface area contributed by atoms with Crippen LogP contribution in [0.25, 0.3) is 0 Å². The highest BCUT2D eigenvalue weighted by Crippen LogP contribution is 1.19. The number of carbonyl (C=O) groups is 1. The van der Waals surface area contributed by atoms with Gasteiger partial charge in [-0.1, -0.05) is 0 Å². The lowest BCUT2D eigenvalue weighted by atomic mass is 10.8. The van der Waals surface area contributed by atoms with Crippen LogP contribution in [0.4, 0.5) is 0 Å². The van der Waals surface area contributed by atoms with E-state index in [-0.39, 0.29) is 0 Å². The molecule has 1 heteroatoms.